The van der Waals surface area contributed by atoms with Crippen molar-refractivity contribution in [3.63, 3.8) is 0 Å². The highest BCUT2D eigenvalue weighted by Gasteiger charge is 2.31. The molecule has 5 nitrogen and oxygen atoms in total. The molecule has 1 atom stereocenters. The molecule has 0 bridgehead atoms. The average Bonchev–Trinajstić information content (AvgIpc) is 2.36. The topological polar surface area (TPSA) is 55.8 Å². The molecule has 0 amide bonds. The van der Waals surface area contributed by atoms with E-state index in [1.54, 1.807) is 14.0 Å². The molecule has 1 saturated heterocycles. The van der Waals surface area contributed by atoms with E-state index in [1.807, 2.05) is 0 Å². The fraction of sp³-hybridized carbons (Fsp3) is 0.929. The lowest BCUT2D eigenvalue weighted by atomic mass is 9.94. The van der Waals surface area contributed by atoms with Crippen molar-refractivity contribution in [2.45, 2.75) is 31.7 Å². The molecule has 0 aromatic heterocycles. The van der Waals surface area contributed by atoms with Gasteiger partial charge in [0.1, 0.15) is 5.54 Å². The molecule has 112 valence electrons. The predicted octanol–water partition coefficient (Wildman–Crippen LogP) is 0.713. The molecule has 1 rings (SSSR count). The van der Waals surface area contributed by atoms with Crippen LogP contribution in [0.15, 0.2) is 0 Å². The van der Waals surface area contributed by atoms with Crippen LogP contribution in [-0.4, -0.2) is 73.7 Å². The highest BCUT2D eigenvalue weighted by atomic mass is 16.4. The van der Waals surface area contributed by atoms with Crippen LogP contribution in [0.1, 0.15) is 26.2 Å². The largest absolute Gasteiger partial charge is 0.480 e. The number of carboxylic acid groups (broad SMARTS) is 1. The molecular weight excluding hydrogens is 242 g/mol. The van der Waals surface area contributed by atoms with Crippen molar-refractivity contribution in [1.82, 2.24) is 15.1 Å². The summed E-state index contributed by atoms with van der Waals surface area (Å²) in [5.74, 6) is 0.0268. The van der Waals surface area contributed by atoms with Crippen molar-refractivity contribution >= 4 is 5.97 Å². The average molecular weight is 271 g/mol. The minimum absolute atomic E-state index is 0.650. The fourth-order valence-electron chi connectivity index (χ4n) is 2.63. The number of nitrogens with zero attached hydrogens (tertiary/aromatic N) is 2. The summed E-state index contributed by atoms with van der Waals surface area (Å²) >= 11 is 0. The summed E-state index contributed by atoms with van der Waals surface area (Å²) in [7, 11) is 5.96. The standard InChI is InChI=1S/C14H29N3O2/c1-14(15-2,13(18)19)7-10-17-8-5-12(6-9-17)11-16(3)4/h12,15H,5-11H2,1-4H3,(H,18,19). The summed E-state index contributed by atoms with van der Waals surface area (Å²) in [4.78, 5) is 15.9. The number of hydrogen-bond acceptors (Lipinski definition) is 4. The lowest BCUT2D eigenvalue weighted by molar-refractivity contribution is -0.144. The van der Waals surface area contributed by atoms with E-state index in [0.29, 0.717) is 6.42 Å². The molecule has 2 N–H and O–H groups in total. The van der Waals surface area contributed by atoms with Crippen LogP contribution in [-0.2, 0) is 4.79 Å². The Labute approximate surface area is 117 Å². The van der Waals surface area contributed by atoms with Gasteiger partial charge in [0.2, 0.25) is 0 Å². The highest BCUT2D eigenvalue weighted by Crippen LogP contribution is 2.19. The van der Waals surface area contributed by atoms with Crippen molar-refractivity contribution in [2.24, 2.45) is 5.92 Å². The second kappa shape index (κ2) is 7.22. The first-order valence-corrected chi connectivity index (χ1v) is 7.17. The van der Waals surface area contributed by atoms with Gasteiger partial charge < -0.3 is 20.2 Å². The Morgan fingerprint density at radius 2 is 2.00 bits per heavy atom. The number of likely N-dealkylation sites (tertiary alicyclic amines) is 1. The third-order valence-corrected chi connectivity index (χ3v) is 4.28. The number of piperidine rings is 1. The molecule has 19 heavy (non-hydrogen) atoms. The van der Waals surface area contributed by atoms with Gasteiger partial charge in [0.25, 0.3) is 0 Å². The van der Waals surface area contributed by atoms with Crippen molar-refractivity contribution < 1.29 is 9.90 Å². The first kappa shape index (κ1) is 16.4. The van der Waals surface area contributed by atoms with E-state index in [0.717, 1.165) is 32.1 Å². The molecule has 1 unspecified atom stereocenters. The van der Waals surface area contributed by atoms with E-state index >= 15 is 0 Å². The first-order chi connectivity index (χ1) is 8.87. The van der Waals surface area contributed by atoms with Crippen LogP contribution in [0, 0.1) is 5.92 Å². The minimum atomic E-state index is -0.805. The summed E-state index contributed by atoms with van der Waals surface area (Å²) in [6, 6.07) is 0. The Balaban J connectivity index is 2.31. The summed E-state index contributed by atoms with van der Waals surface area (Å²) in [5, 5.41) is 12.1. The van der Waals surface area contributed by atoms with Crippen LogP contribution in [0.4, 0.5) is 0 Å². The monoisotopic (exact) mass is 271 g/mol. The minimum Gasteiger partial charge on any atom is -0.480 e. The van der Waals surface area contributed by atoms with Gasteiger partial charge in [-0.25, -0.2) is 0 Å². The molecule has 1 heterocycles. The summed E-state index contributed by atoms with van der Waals surface area (Å²) in [5.41, 5.74) is -0.805. The van der Waals surface area contributed by atoms with Crippen molar-refractivity contribution in [3.8, 4) is 0 Å². The third kappa shape index (κ3) is 5.09. The van der Waals surface area contributed by atoms with Crippen molar-refractivity contribution in [1.29, 1.82) is 0 Å². The molecule has 0 aromatic rings. The van der Waals surface area contributed by atoms with Crippen molar-refractivity contribution in [3.05, 3.63) is 0 Å². The van der Waals surface area contributed by atoms with E-state index in [9.17, 15) is 9.90 Å². The van der Waals surface area contributed by atoms with Crippen LogP contribution < -0.4 is 5.32 Å². The smallest absolute Gasteiger partial charge is 0.323 e. The third-order valence-electron chi connectivity index (χ3n) is 4.28. The van der Waals surface area contributed by atoms with Crippen molar-refractivity contribution in [2.75, 3.05) is 47.3 Å². The van der Waals surface area contributed by atoms with Gasteiger partial charge in [0.15, 0.2) is 0 Å². The van der Waals surface area contributed by atoms with Crippen LogP contribution in [0.3, 0.4) is 0 Å². The normalized spacial score (nSPS) is 21.5. The Hall–Kier alpha value is -0.650. The number of nitrogens with one attached hydrogen (secondary N) is 1. The summed E-state index contributed by atoms with van der Waals surface area (Å²) < 4.78 is 0. The Kier molecular flexibility index (Phi) is 6.23. The van der Waals surface area contributed by atoms with E-state index in [1.165, 1.54) is 12.8 Å². The zero-order valence-electron chi connectivity index (χ0n) is 12.8. The van der Waals surface area contributed by atoms with Crippen LogP contribution in [0.5, 0.6) is 0 Å². The quantitative estimate of drug-likeness (QED) is 0.714. The molecular formula is C14H29N3O2. The lowest BCUT2D eigenvalue weighted by Gasteiger charge is -2.35. The molecule has 1 aliphatic rings. The number of carboxylic acids is 1. The molecule has 0 aliphatic carbocycles. The van der Waals surface area contributed by atoms with Crippen LogP contribution >= 0.6 is 0 Å². The Morgan fingerprint density at radius 3 is 2.42 bits per heavy atom. The molecule has 0 spiro atoms. The number of rotatable bonds is 7. The van der Waals surface area contributed by atoms with Gasteiger partial charge in [-0.3, -0.25) is 4.79 Å². The maximum absolute atomic E-state index is 11.2. The maximum Gasteiger partial charge on any atom is 0.323 e. The molecule has 0 radical (unpaired) electrons. The van der Waals surface area contributed by atoms with E-state index < -0.39 is 11.5 Å². The predicted molar refractivity (Wildman–Crippen MR) is 77.4 cm³/mol. The van der Waals surface area contributed by atoms with Gasteiger partial charge in [0, 0.05) is 13.1 Å². The summed E-state index contributed by atoms with van der Waals surface area (Å²) in [6.07, 6.45) is 3.10. The molecule has 1 aliphatic heterocycles. The number of aliphatic carboxylic acids is 1. The fourth-order valence-corrected chi connectivity index (χ4v) is 2.63. The number of hydrogen-bond donors (Lipinski definition) is 2. The zero-order valence-corrected chi connectivity index (χ0v) is 12.8. The SMILES string of the molecule is CNC(C)(CCN1CCC(CN(C)C)CC1)C(=O)O. The van der Waals surface area contributed by atoms with Gasteiger partial charge in [-0.05, 0) is 66.3 Å². The highest BCUT2D eigenvalue weighted by molar-refractivity contribution is 5.78. The van der Waals surface area contributed by atoms with E-state index in [2.05, 4.69) is 29.2 Å². The molecule has 5 heteroatoms. The van der Waals surface area contributed by atoms with Gasteiger partial charge in [-0.2, -0.15) is 0 Å². The van der Waals surface area contributed by atoms with Crippen LogP contribution in [0.2, 0.25) is 0 Å². The number of likely N-dealkylation sites (N-methyl/N-ethyl adjacent to an activating group) is 1. The van der Waals surface area contributed by atoms with Gasteiger partial charge >= 0.3 is 5.97 Å². The molecule has 1 fully saturated rings. The van der Waals surface area contributed by atoms with E-state index in [4.69, 9.17) is 0 Å². The first-order valence-electron chi connectivity index (χ1n) is 7.17. The van der Waals surface area contributed by atoms with Gasteiger partial charge in [-0.15, -0.1) is 0 Å². The molecule has 0 saturated carbocycles. The van der Waals surface area contributed by atoms with Crippen LogP contribution in [0.25, 0.3) is 0 Å². The molecule has 0 aromatic carbocycles. The second-order valence-electron chi connectivity index (χ2n) is 6.18. The lowest BCUT2D eigenvalue weighted by Crippen LogP contribution is -2.50. The van der Waals surface area contributed by atoms with E-state index in [-0.39, 0.29) is 0 Å². The van der Waals surface area contributed by atoms with Gasteiger partial charge in [-0.1, -0.05) is 0 Å². The summed E-state index contributed by atoms with van der Waals surface area (Å²) in [6.45, 7) is 5.97. The second-order valence-corrected chi connectivity index (χ2v) is 6.18. The maximum atomic E-state index is 11.2. The Bertz CT molecular complexity index is 288. The zero-order chi connectivity index (χ0) is 14.5. The Morgan fingerprint density at radius 1 is 1.42 bits per heavy atom. The number of carbonyl (C=O) groups is 1. The van der Waals surface area contributed by atoms with Gasteiger partial charge in [0.05, 0.1) is 0 Å².